The van der Waals surface area contributed by atoms with Gasteiger partial charge in [0.15, 0.2) is 17.5 Å². The van der Waals surface area contributed by atoms with Crippen molar-refractivity contribution in [1.29, 1.82) is 0 Å². The Morgan fingerprint density at radius 2 is 0.905 bits per heavy atom. The van der Waals surface area contributed by atoms with Gasteiger partial charge < -0.3 is 103 Å². The molecule has 8 amide bonds. The van der Waals surface area contributed by atoms with Crippen LogP contribution in [0.2, 0.25) is 0 Å². The molecule has 7 rings (SSSR count). The summed E-state index contributed by atoms with van der Waals surface area (Å²) >= 11 is 0. The second-order valence-electron chi connectivity index (χ2n) is 20.7. The van der Waals surface area contributed by atoms with Crippen molar-refractivity contribution in [3.63, 3.8) is 0 Å². The van der Waals surface area contributed by atoms with Crippen molar-refractivity contribution in [1.82, 2.24) is 68.7 Å². The van der Waals surface area contributed by atoms with E-state index >= 15 is 0 Å². The molecule has 6 aromatic heterocycles. The van der Waals surface area contributed by atoms with Gasteiger partial charge in [-0.25, -0.2) is 24.4 Å². The Kier molecular flexibility index (Phi) is 28.8. The van der Waals surface area contributed by atoms with Gasteiger partial charge in [0.05, 0.1) is 123 Å². The zero-order chi connectivity index (χ0) is 67.9. The highest BCUT2D eigenvalue weighted by Crippen LogP contribution is 2.19. The van der Waals surface area contributed by atoms with Crippen molar-refractivity contribution >= 4 is 76.1 Å². The topological polar surface area (TPSA) is 421 Å². The average Bonchev–Trinajstić information content (AvgIpc) is 1.77. The molecular formula is C59H79N19O17. The van der Waals surface area contributed by atoms with Crippen molar-refractivity contribution in [3.8, 4) is 5.75 Å². The first kappa shape index (κ1) is 72.1. The molecule has 1 aromatic carbocycles. The highest BCUT2D eigenvalue weighted by molar-refractivity contribution is 6.04. The van der Waals surface area contributed by atoms with Gasteiger partial charge in [0.1, 0.15) is 29.4 Å². The Hall–Kier alpha value is -10.4. The van der Waals surface area contributed by atoms with Crippen LogP contribution >= 0.6 is 0 Å². The number of benzene rings is 1. The van der Waals surface area contributed by atoms with Crippen LogP contribution in [0.5, 0.6) is 5.75 Å². The molecule has 0 aliphatic rings. The Morgan fingerprint density at radius 3 is 1.37 bits per heavy atom. The van der Waals surface area contributed by atoms with Gasteiger partial charge in [-0.3, -0.25) is 38.9 Å². The summed E-state index contributed by atoms with van der Waals surface area (Å²) in [5.74, 6) is -2.56. The van der Waals surface area contributed by atoms with Crippen molar-refractivity contribution < 1.29 is 81.4 Å². The third-order valence-corrected chi connectivity index (χ3v) is 13.3. The van der Waals surface area contributed by atoms with E-state index in [0.29, 0.717) is 128 Å². The van der Waals surface area contributed by atoms with E-state index in [1.807, 2.05) is 0 Å². The Labute approximate surface area is 544 Å². The summed E-state index contributed by atoms with van der Waals surface area (Å²) < 4.78 is 53.3. The SMILES string of the molecule is Cn1cc(NC(=O)c2nc(NC(=O)CCNC(=O)c3cc(NC(=O)c4nccn4C)cn3C)cn2C)cc1C(=O)NCCC(=O)Nc1cn(C)c(C(=O)NCc2cn(CCOCCOCCOCCOCCOCCOCCOCCOc3ccc(NC(=O)O)cc3)nn2)n1. The number of carbonyl (C=O) groups is 8. The summed E-state index contributed by atoms with van der Waals surface area (Å²) in [5.41, 5.74) is 2.04. The number of imidazole rings is 3. The summed E-state index contributed by atoms with van der Waals surface area (Å²) in [6, 6.07) is 9.51. The number of rotatable bonds is 43. The Balaban J connectivity index is 0.661. The molecule has 9 N–H and O–H groups in total. The first-order valence-electron chi connectivity index (χ1n) is 30.0. The highest BCUT2D eigenvalue weighted by atomic mass is 16.6. The number of carboxylic acid groups (broad SMARTS) is 1. The van der Waals surface area contributed by atoms with Gasteiger partial charge in [-0.15, -0.1) is 5.10 Å². The molecule has 7 aromatic rings. The Bertz CT molecular complexity index is 3640. The summed E-state index contributed by atoms with van der Waals surface area (Å²) in [6.45, 7) is 6.41. The molecule has 0 saturated carbocycles. The molecular weight excluding hydrogens is 1250 g/mol. The number of ether oxygens (including phenoxy) is 8. The number of nitrogens with zero attached hydrogens (tertiary/aromatic N) is 11. The lowest BCUT2D eigenvalue weighted by Gasteiger charge is -2.09. The predicted octanol–water partition coefficient (Wildman–Crippen LogP) is 1.39. The second kappa shape index (κ2) is 38.0. The van der Waals surface area contributed by atoms with Crippen molar-refractivity contribution in [3.05, 3.63) is 114 Å². The lowest BCUT2D eigenvalue weighted by atomic mass is 10.3. The van der Waals surface area contributed by atoms with E-state index in [2.05, 4.69) is 67.8 Å². The van der Waals surface area contributed by atoms with Crippen LogP contribution in [0.1, 0.15) is 71.4 Å². The molecule has 0 spiro atoms. The van der Waals surface area contributed by atoms with Crippen LogP contribution in [-0.4, -0.2) is 218 Å². The molecule has 0 unspecified atom stereocenters. The van der Waals surface area contributed by atoms with Gasteiger partial charge in [-0.05, 0) is 36.4 Å². The predicted molar refractivity (Wildman–Crippen MR) is 338 cm³/mol. The fraction of sp³-hybridized carbons (Fsp3) is 0.441. The van der Waals surface area contributed by atoms with E-state index in [4.69, 9.17) is 43.0 Å². The number of hydrogen-bond donors (Lipinski definition) is 9. The number of aryl methyl sites for hydroxylation is 5. The summed E-state index contributed by atoms with van der Waals surface area (Å²) in [5, 5.41) is 37.9. The van der Waals surface area contributed by atoms with Crippen LogP contribution in [0.3, 0.4) is 0 Å². The summed E-state index contributed by atoms with van der Waals surface area (Å²) in [4.78, 5) is 114. The standard InChI is InChI=1S/C59H79N19O17/c1-73-15-14-60-51(73)57(84)64-41-32-45(74(2)35-41)54(81)61-13-11-50(80)68-48-39-77(5)53(70-48)58(85)65-42-33-46(75(3)36-42)55(82)62-12-10-49(79)67-47-38-76(4)52(69-47)56(83)63-34-43-37-78(72-71-43)16-17-88-18-19-89-20-21-90-22-23-91-24-25-92-26-27-93-28-29-94-30-31-95-44-8-6-40(7-9-44)66-59(86)87/h6-9,14-15,32-33,35-39,66H,10-13,16-31,34H2,1-5H3,(H,61,81)(H,62,82)(H,63,83)(H,64,84)(H,65,85)(H,67,79)(H,68,80)(H,86,87). The third kappa shape index (κ3) is 24.6. The quantitative estimate of drug-likeness (QED) is 0.0244. The highest BCUT2D eigenvalue weighted by Gasteiger charge is 2.22. The lowest BCUT2D eigenvalue weighted by molar-refractivity contribution is -0.116. The van der Waals surface area contributed by atoms with E-state index in [9.17, 15) is 38.4 Å². The molecule has 0 aliphatic carbocycles. The normalized spacial score (nSPS) is 11.1. The minimum atomic E-state index is -1.13. The summed E-state index contributed by atoms with van der Waals surface area (Å²) in [7, 11) is 8.08. The minimum Gasteiger partial charge on any atom is -0.491 e. The van der Waals surface area contributed by atoms with Crippen LogP contribution < -0.4 is 47.3 Å². The second-order valence-corrected chi connectivity index (χ2v) is 20.7. The molecule has 0 fully saturated rings. The first-order chi connectivity index (χ1) is 45.9. The van der Waals surface area contributed by atoms with E-state index in [-0.39, 0.29) is 78.7 Å². The molecule has 36 nitrogen and oxygen atoms in total. The molecule has 6 heterocycles. The number of nitrogens with one attached hydrogen (secondary N) is 8. The molecule has 95 heavy (non-hydrogen) atoms. The molecule has 0 bridgehead atoms. The molecule has 0 radical (unpaired) electrons. The maximum Gasteiger partial charge on any atom is 0.409 e. The smallest absolute Gasteiger partial charge is 0.409 e. The van der Waals surface area contributed by atoms with Gasteiger partial charge in [0.2, 0.25) is 23.5 Å². The van der Waals surface area contributed by atoms with Crippen LogP contribution in [-0.2, 0) is 91.1 Å². The Morgan fingerprint density at radius 1 is 0.453 bits per heavy atom. The number of amides is 8. The van der Waals surface area contributed by atoms with Crippen LogP contribution in [0.4, 0.5) is 33.5 Å². The maximum absolute atomic E-state index is 13.3. The van der Waals surface area contributed by atoms with Crippen LogP contribution in [0, 0.1) is 0 Å². The number of hydrogen-bond acceptors (Lipinski definition) is 21. The fourth-order valence-electron chi connectivity index (χ4n) is 8.66. The molecule has 36 heteroatoms. The van der Waals surface area contributed by atoms with Crippen LogP contribution in [0.25, 0.3) is 0 Å². The average molecular weight is 1330 g/mol. The fourth-order valence-corrected chi connectivity index (χ4v) is 8.66. The largest absolute Gasteiger partial charge is 0.491 e. The van der Waals surface area contributed by atoms with E-state index in [0.717, 1.165) is 0 Å². The third-order valence-electron chi connectivity index (χ3n) is 13.3. The van der Waals surface area contributed by atoms with Crippen molar-refractivity contribution in [2.45, 2.75) is 25.9 Å². The zero-order valence-corrected chi connectivity index (χ0v) is 53.3. The van der Waals surface area contributed by atoms with Gasteiger partial charge in [-0.2, -0.15) is 0 Å². The van der Waals surface area contributed by atoms with Gasteiger partial charge in [0, 0.05) is 104 Å². The maximum atomic E-state index is 13.3. The number of carbonyl (C=O) groups excluding carboxylic acids is 7. The van der Waals surface area contributed by atoms with Crippen molar-refractivity contribution in [2.24, 2.45) is 35.2 Å². The van der Waals surface area contributed by atoms with Gasteiger partial charge in [0.25, 0.3) is 29.5 Å². The molecule has 0 atom stereocenters. The molecule has 0 aliphatic heterocycles. The van der Waals surface area contributed by atoms with Crippen LogP contribution in [0.15, 0.2) is 79.8 Å². The zero-order valence-electron chi connectivity index (χ0n) is 53.3. The van der Waals surface area contributed by atoms with Gasteiger partial charge in [-0.1, -0.05) is 5.21 Å². The number of aromatic nitrogens is 11. The lowest BCUT2D eigenvalue weighted by Crippen LogP contribution is -2.29. The van der Waals surface area contributed by atoms with E-state index in [1.54, 1.807) is 87.3 Å². The number of anilines is 5. The monoisotopic (exact) mass is 1330 g/mol. The minimum absolute atomic E-state index is 0.0255. The first-order valence-corrected chi connectivity index (χ1v) is 30.0. The molecule has 512 valence electrons. The summed E-state index contributed by atoms with van der Waals surface area (Å²) in [6.07, 6.45) is 9.44. The van der Waals surface area contributed by atoms with Crippen molar-refractivity contribution in [2.75, 3.05) is 139 Å². The van der Waals surface area contributed by atoms with E-state index < -0.39 is 47.4 Å². The molecule has 0 saturated heterocycles. The van der Waals surface area contributed by atoms with Gasteiger partial charge >= 0.3 is 6.09 Å². The van der Waals surface area contributed by atoms with E-state index in [1.165, 1.54) is 55.2 Å².